The number of hydroxylamine groups is 1. The molecule has 1 aliphatic carbocycles. The summed E-state index contributed by atoms with van der Waals surface area (Å²) in [5.41, 5.74) is 2.66. The Morgan fingerprint density at radius 1 is 1.12 bits per heavy atom. The zero-order valence-electron chi connectivity index (χ0n) is 24.2. The van der Waals surface area contributed by atoms with Crippen LogP contribution in [0.1, 0.15) is 63.9 Å². The van der Waals surface area contributed by atoms with Crippen LogP contribution in [0.25, 0.3) is 0 Å². The largest absolute Gasteiger partial charge is 0.450 e. The second-order valence-electron chi connectivity index (χ2n) is 11.1. The second-order valence-corrected chi connectivity index (χ2v) is 11.1. The molecule has 224 valence electrons. The molecule has 1 atom stereocenters. The van der Waals surface area contributed by atoms with E-state index in [2.05, 4.69) is 33.9 Å². The molecule has 0 radical (unpaired) electrons. The van der Waals surface area contributed by atoms with E-state index in [0.717, 1.165) is 32.2 Å². The van der Waals surface area contributed by atoms with Gasteiger partial charge in [0.15, 0.2) is 6.23 Å². The fourth-order valence-corrected chi connectivity index (χ4v) is 5.74. The number of piperidine rings is 1. The third kappa shape index (κ3) is 9.15. The monoisotopic (exact) mass is 568 g/mol. The van der Waals surface area contributed by atoms with E-state index in [0.29, 0.717) is 70.5 Å². The summed E-state index contributed by atoms with van der Waals surface area (Å²) in [5.74, 6) is 0.301. The molecule has 0 aromatic heterocycles. The van der Waals surface area contributed by atoms with Crippen LogP contribution < -0.4 is 10.8 Å². The van der Waals surface area contributed by atoms with E-state index in [9.17, 15) is 14.9 Å². The number of alkyl carbamates (subject to hydrolysis) is 1. The molecule has 4 rings (SSSR count). The van der Waals surface area contributed by atoms with Gasteiger partial charge in [-0.15, -0.1) is 0 Å². The van der Waals surface area contributed by atoms with Gasteiger partial charge in [-0.1, -0.05) is 62.4 Å². The number of carbonyl (C=O) groups is 2. The number of nitrogens with zero attached hydrogens (tertiary/aromatic N) is 4. The molecule has 1 unspecified atom stereocenters. The number of rotatable bonds is 9. The zero-order valence-corrected chi connectivity index (χ0v) is 24.2. The molecule has 3 aliphatic rings. The van der Waals surface area contributed by atoms with Crippen LogP contribution in [0.2, 0.25) is 0 Å². The summed E-state index contributed by atoms with van der Waals surface area (Å²) in [6.45, 7) is 6.20. The topological polar surface area (TPSA) is 129 Å². The highest BCUT2D eigenvalue weighted by atomic mass is 16.7. The molecule has 2 saturated heterocycles. The highest BCUT2D eigenvalue weighted by Gasteiger charge is 2.42. The Hall–Kier alpha value is -3.20. The van der Waals surface area contributed by atoms with E-state index in [1.807, 2.05) is 23.1 Å². The van der Waals surface area contributed by atoms with Crippen molar-refractivity contribution < 1.29 is 23.9 Å². The maximum atomic E-state index is 13.4. The number of morpholine rings is 1. The summed E-state index contributed by atoms with van der Waals surface area (Å²) in [5, 5.41) is 12.8. The first-order valence-electron chi connectivity index (χ1n) is 15.0. The minimum absolute atomic E-state index is 0.235. The Labute approximate surface area is 243 Å². The fraction of sp³-hybridized carbons (Fsp3) is 0.667. The van der Waals surface area contributed by atoms with E-state index < -0.39 is 23.6 Å². The van der Waals surface area contributed by atoms with Gasteiger partial charge < -0.3 is 14.4 Å². The number of nitrogens with one attached hydrogen (secondary N) is 2. The number of ether oxygens (including phenoxy) is 2. The smallest absolute Gasteiger partial charge is 0.413 e. The van der Waals surface area contributed by atoms with Gasteiger partial charge in [0, 0.05) is 32.7 Å². The number of hydrogen-bond donors (Lipinski definition) is 2. The SMILES string of the molecule is CCOC(=O)NC(=NC(CC1CCCCC1)ONC(=O)C1(C#N)CCN(Cc2ccccc2)CC1)N1CCOCC1. The number of carbonyl (C=O) groups excluding carboxylic acids is 2. The van der Waals surface area contributed by atoms with Crippen LogP contribution in [-0.4, -0.2) is 80.0 Å². The Morgan fingerprint density at radius 3 is 2.49 bits per heavy atom. The van der Waals surface area contributed by atoms with Crippen molar-refractivity contribution in [2.24, 2.45) is 16.3 Å². The van der Waals surface area contributed by atoms with Crippen molar-refractivity contribution in [1.29, 1.82) is 5.26 Å². The van der Waals surface area contributed by atoms with Gasteiger partial charge in [-0.05, 0) is 37.7 Å². The van der Waals surface area contributed by atoms with Crippen molar-refractivity contribution in [3.05, 3.63) is 35.9 Å². The Bertz CT molecular complexity index is 1040. The summed E-state index contributed by atoms with van der Waals surface area (Å²) in [6, 6.07) is 12.5. The number of hydrogen-bond acceptors (Lipinski definition) is 8. The van der Waals surface area contributed by atoms with Crippen LogP contribution in [-0.2, 0) is 25.7 Å². The first-order valence-corrected chi connectivity index (χ1v) is 15.0. The number of benzene rings is 1. The van der Waals surface area contributed by atoms with Crippen molar-refractivity contribution in [2.75, 3.05) is 46.0 Å². The molecule has 2 amide bonds. The van der Waals surface area contributed by atoms with Crippen LogP contribution in [0.3, 0.4) is 0 Å². The average molecular weight is 569 g/mol. The van der Waals surface area contributed by atoms with E-state index in [-0.39, 0.29) is 6.61 Å². The fourth-order valence-electron chi connectivity index (χ4n) is 5.74. The van der Waals surface area contributed by atoms with Gasteiger partial charge in [0.1, 0.15) is 5.41 Å². The molecule has 11 nitrogen and oxygen atoms in total. The molecule has 1 saturated carbocycles. The van der Waals surface area contributed by atoms with Crippen molar-refractivity contribution in [3.63, 3.8) is 0 Å². The Kier molecular flexibility index (Phi) is 11.8. The quantitative estimate of drug-likeness (QED) is 0.263. The highest BCUT2D eigenvalue weighted by Crippen LogP contribution is 2.32. The third-order valence-corrected chi connectivity index (χ3v) is 8.22. The first kappa shape index (κ1) is 30.8. The summed E-state index contributed by atoms with van der Waals surface area (Å²) in [6.07, 6.45) is 5.79. The number of aliphatic imine (C=N–C) groups is 1. The lowest BCUT2D eigenvalue weighted by atomic mass is 9.79. The minimum Gasteiger partial charge on any atom is -0.450 e. The summed E-state index contributed by atoms with van der Waals surface area (Å²) in [4.78, 5) is 40.7. The lowest BCUT2D eigenvalue weighted by Crippen LogP contribution is -2.51. The van der Waals surface area contributed by atoms with Crippen molar-refractivity contribution in [2.45, 2.75) is 71.1 Å². The van der Waals surface area contributed by atoms with E-state index >= 15 is 0 Å². The first-order chi connectivity index (χ1) is 20.0. The van der Waals surface area contributed by atoms with Crippen LogP contribution in [0.15, 0.2) is 35.3 Å². The van der Waals surface area contributed by atoms with Gasteiger partial charge >= 0.3 is 6.09 Å². The molecule has 1 aromatic carbocycles. The molecule has 1 aromatic rings. The number of nitriles is 1. The highest BCUT2D eigenvalue weighted by molar-refractivity contribution is 5.94. The number of amides is 2. The predicted octanol–water partition coefficient (Wildman–Crippen LogP) is 3.57. The summed E-state index contributed by atoms with van der Waals surface area (Å²) in [7, 11) is 0. The normalized spacial score (nSPS) is 21.0. The maximum absolute atomic E-state index is 13.4. The second kappa shape index (κ2) is 15.7. The molecular weight excluding hydrogens is 524 g/mol. The summed E-state index contributed by atoms with van der Waals surface area (Å²) < 4.78 is 10.6. The zero-order chi connectivity index (χ0) is 28.9. The van der Waals surface area contributed by atoms with Gasteiger partial charge in [0.25, 0.3) is 5.91 Å². The van der Waals surface area contributed by atoms with Gasteiger partial charge in [-0.2, -0.15) is 5.26 Å². The number of likely N-dealkylation sites (tertiary alicyclic amines) is 1. The molecule has 2 N–H and O–H groups in total. The third-order valence-electron chi connectivity index (χ3n) is 8.22. The van der Waals surface area contributed by atoms with Gasteiger partial charge in [0.05, 0.1) is 25.9 Å². The lowest BCUT2D eigenvalue weighted by molar-refractivity contribution is -0.149. The van der Waals surface area contributed by atoms with E-state index in [1.54, 1.807) is 6.92 Å². The molecular formula is C30H44N6O5. The lowest BCUT2D eigenvalue weighted by Gasteiger charge is -2.36. The van der Waals surface area contributed by atoms with Gasteiger partial charge in [-0.3, -0.25) is 15.0 Å². The molecule has 0 spiro atoms. The van der Waals surface area contributed by atoms with Crippen molar-refractivity contribution in [1.82, 2.24) is 20.6 Å². The van der Waals surface area contributed by atoms with E-state index in [1.165, 1.54) is 12.0 Å². The van der Waals surface area contributed by atoms with E-state index in [4.69, 9.17) is 19.3 Å². The molecule has 0 bridgehead atoms. The molecule has 11 heteroatoms. The van der Waals surface area contributed by atoms with Crippen LogP contribution in [0.4, 0.5) is 4.79 Å². The molecule has 2 heterocycles. The Morgan fingerprint density at radius 2 is 1.83 bits per heavy atom. The molecule has 3 fully saturated rings. The van der Waals surface area contributed by atoms with Crippen molar-refractivity contribution in [3.8, 4) is 6.07 Å². The standard InChI is InChI=1S/C30H44N6O5/c1-2-40-29(38)33-28(36-17-19-39-20-18-36)32-26(21-24-9-5-3-6-10-24)41-34-27(37)30(23-31)13-15-35(16-14-30)22-25-11-7-4-8-12-25/h4,7-8,11-12,24,26H,2-3,5-6,9-10,13-22H2,1H3,(H,34,37)(H,32,33,38). The van der Waals surface area contributed by atoms with Gasteiger partial charge in [0.2, 0.25) is 5.96 Å². The molecule has 2 aliphatic heterocycles. The predicted molar refractivity (Wildman–Crippen MR) is 153 cm³/mol. The number of guanidine groups is 1. The molecule has 41 heavy (non-hydrogen) atoms. The van der Waals surface area contributed by atoms with Crippen LogP contribution in [0, 0.1) is 22.7 Å². The van der Waals surface area contributed by atoms with Gasteiger partial charge in [-0.25, -0.2) is 20.1 Å². The average Bonchev–Trinajstić information content (AvgIpc) is 3.01. The van der Waals surface area contributed by atoms with Crippen LogP contribution >= 0.6 is 0 Å². The Balaban J connectivity index is 1.43. The maximum Gasteiger partial charge on any atom is 0.413 e. The minimum atomic E-state index is -1.16. The van der Waals surface area contributed by atoms with Crippen molar-refractivity contribution >= 4 is 18.0 Å². The van der Waals surface area contributed by atoms with Crippen LogP contribution in [0.5, 0.6) is 0 Å². The summed E-state index contributed by atoms with van der Waals surface area (Å²) >= 11 is 0.